The molecule has 1 aliphatic rings. The van der Waals surface area contributed by atoms with Crippen LogP contribution in [0, 0.1) is 0 Å². The van der Waals surface area contributed by atoms with Gasteiger partial charge in [-0.2, -0.15) is 4.98 Å². The number of hydrogen-bond donors (Lipinski definition) is 2. The molecule has 0 saturated heterocycles. The van der Waals surface area contributed by atoms with Gasteiger partial charge in [0, 0.05) is 11.4 Å². The highest BCUT2D eigenvalue weighted by Gasteiger charge is 2.34. The first-order valence-electron chi connectivity index (χ1n) is 10.2. The summed E-state index contributed by atoms with van der Waals surface area (Å²) >= 11 is 1.45. The molecule has 2 N–H and O–H groups in total. The van der Waals surface area contributed by atoms with E-state index in [1.807, 2.05) is 56.5 Å². The first-order valence-corrected chi connectivity index (χ1v) is 11.4. The summed E-state index contributed by atoms with van der Waals surface area (Å²) < 4.78 is 12.5. The van der Waals surface area contributed by atoms with E-state index in [2.05, 4.69) is 20.7 Å². The predicted octanol–water partition coefficient (Wildman–Crippen LogP) is 4.33. The molecular formula is C23H25N5O3S. The minimum absolute atomic E-state index is 0.217. The van der Waals surface area contributed by atoms with Crippen molar-refractivity contribution >= 4 is 29.3 Å². The molecule has 9 heteroatoms. The van der Waals surface area contributed by atoms with Crippen LogP contribution in [0.2, 0.25) is 0 Å². The van der Waals surface area contributed by atoms with E-state index in [4.69, 9.17) is 9.47 Å². The van der Waals surface area contributed by atoms with Crippen molar-refractivity contribution < 1.29 is 14.3 Å². The Morgan fingerprint density at radius 1 is 1.16 bits per heavy atom. The van der Waals surface area contributed by atoms with Crippen LogP contribution in [0.1, 0.15) is 25.5 Å². The van der Waals surface area contributed by atoms with Crippen molar-refractivity contribution in [3.8, 4) is 11.5 Å². The average Bonchev–Trinajstić information content (AvgIpc) is 3.22. The number of rotatable bonds is 7. The van der Waals surface area contributed by atoms with E-state index in [1.54, 1.807) is 23.9 Å². The van der Waals surface area contributed by atoms with Crippen molar-refractivity contribution in [3.05, 3.63) is 65.4 Å². The Kier molecular flexibility index (Phi) is 6.36. The Bertz CT molecular complexity index is 1140. The van der Waals surface area contributed by atoms with Gasteiger partial charge in [-0.25, -0.2) is 4.68 Å². The minimum atomic E-state index is -0.437. The molecule has 32 heavy (non-hydrogen) atoms. The molecule has 0 bridgehead atoms. The zero-order chi connectivity index (χ0) is 22.7. The first kappa shape index (κ1) is 21.8. The number of benzene rings is 2. The standard InChI is InChI=1S/C23H25N5O3S/c1-5-31-18-10-6-15(7-11-18)20-19(14(2)24-22-26-23(32-4)27-28(20)22)21(29)25-16-8-12-17(30-3)13-9-16/h6-13,20H,5H2,1-4H3,(H,25,29)(H,24,26,27)/t20-/m1/s1. The molecule has 1 amide bonds. The second-order valence-corrected chi connectivity index (χ2v) is 7.89. The summed E-state index contributed by atoms with van der Waals surface area (Å²) in [6, 6.07) is 14.5. The van der Waals surface area contributed by atoms with E-state index in [0.29, 0.717) is 29.0 Å². The van der Waals surface area contributed by atoms with Gasteiger partial charge in [0.25, 0.3) is 5.91 Å². The Balaban J connectivity index is 1.72. The highest BCUT2D eigenvalue weighted by atomic mass is 32.2. The van der Waals surface area contributed by atoms with Crippen molar-refractivity contribution in [2.24, 2.45) is 0 Å². The van der Waals surface area contributed by atoms with Crippen molar-refractivity contribution in [3.63, 3.8) is 0 Å². The molecule has 8 nitrogen and oxygen atoms in total. The lowest BCUT2D eigenvalue weighted by atomic mass is 9.95. The number of amides is 1. The molecule has 4 rings (SSSR count). The molecule has 0 aliphatic carbocycles. The zero-order valence-corrected chi connectivity index (χ0v) is 19.2. The van der Waals surface area contributed by atoms with Crippen LogP contribution < -0.4 is 20.1 Å². The molecule has 2 heterocycles. The summed E-state index contributed by atoms with van der Waals surface area (Å²) in [5, 5.41) is 11.5. The number of allylic oxidation sites excluding steroid dienone is 1. The molecule has 1 aromatic heterocycles. The number of anilines is 2. The third kappa shape index (κ3) is 4.29. The van der Waals surface area contributed by atoms with E-state index in [0.717, 1.165) is 22.8 Å². The van der Waals surface area contributed by atoms with E-state index >= 15 is 0 Å². The SMILES string of the molecule is CCOc1ccc([C@@H]2C(C(=O)Nc3ccc(OC)cc3)=C(C)Nc3nc(SC)nn32)cc1. The van der Waals surface area contributed by atoms with Crippen molar-refractivity contribution in [1.82, 2.24) is 14.8 Å². The number of nitrogens with one attached hydrogen (secondary N) is 2. The number of ether oxygens (including phenoxy) is 2. The number of carbonyl (C=O) groups is 1. The second kappa shape index (κ2) is 9.35. The summed E-state index contributed by atoms with van der Waals surface area (Å²) in [6.07, 6.45) is 1.92. The topological polar surface area (TPSA) is 90.3 Å². The molecule has 0 fully saturated rings. The van der Waals surface area contributed by atoms with Crippen LogP contribution in [0.4, 0.5) is 11.6 Å². The highest BCUT2D eigenvalue weighted by molar-refractivity contribution is 7.98. The Labute approximate surface area is 191 Å². The van der Waals surface area contributed by atoms with Crippen LogP contribution in [-0.4, -0.2) is 40.6 Å². The van der Waals surface area contributed by atoms with Crippen molar-refractivity contribution in [2.45, 2.75) is 25.0 Å². The molecule has 2 aromatic carbocycles. The van der Waals surface area contributed by atoms with Crippen LogP contribution in [0.25, 0.3) is 0 Å². The number of methoxy groups -OCH3 is 1. The van der Waals surface area contributed by atoms with Crippen LogP contribution in [0.15, 0.2) is 65.0 Å². The van der Waals surface area contributed by atoms with Crippen LogP contribution in [0.5, 0.6) is 11.5 Å². The molecule has 1 atom stereocenters. The number of hydrogen-bond acceptors (Lipinski definition) is 7. The first-order chi connectivity index (χ1) is 15.5. The predicted molar refractivity (Wildman–Crippen MR) is 125 cm³/mol. The second-order valence-electron chi connectivity index (χ2n) is 7.12. The van der Waals surface area contributed by atoms with Crippen molar-refractivity contribution in [2.75, 3.05) is 30.6 Å². The van der Waals surface area contributed by atoms with Gasteiger partial charge >= 0.3 is 0 Å². The fourth-order valence-corrected chi connectivity index (χ4v) is 3.95. The van der Waals surface area contributed by atoms with Gasteiger partial charge < -0.3 is 20.1 Å². The largest absolute Gasteiger partial charge is 0.497 e. The van der Waals surface area contributed by atoms with Crippen LogP contribution >= 0.6 is 11.8 Å². The van der Waals surface area contributed by atoms with Gasteiger partial charge in [-0.3, -0.25) is 4.79 Å². The molecule has 0 spiro atoms. The number of thioether (sulfide) groups is 1. The molecule has 0 saturated carbocycles. The van der Waals surface area contributed by atoms with E-state index in [9.17, 15) is 4.79 Å². The summed E-state index contributed by atoms with van der Waals surface area (Å²) in [5.41, 5.74) is 2.88. The van der Waals surface area contributed by atoms with Crippen molar-refractivity contribution in [1.29, 1.82) is 0 Å². The van der Waals surface area contributed by atoms with Gasteiger partial charge in [-0.05, 0) is 62.1 Å². The number of nitrogens with zero attached hydrogens (tertiary/aromatic N) is 3. The lowest BCUT2D eigenvalue weighted by Crippen LogP contribution is -2.31. The Morgan fingerprint density at radius 3 is 2.47 bits per heavy atom. The fraction of sp³-hybridized carbons (Fsp3) is 0.261. The zero-order valence-electron chi connectivity index (χ0n) is 18.4. The van der Waals surface area contributed by atoms with Gasteiger partial charge in [-0.1, -0.05) is 23.9 Å². The minimum Gasteiger partial charge on any atom is -0.497 e. The van der Waals surface area contributed by atoms with Crippen LogP contribution in [-0.2, 0) is 4.79 Å². The number of aromatic nitrogens is 3. The van der Waals surface area contributed by atoms with E-state index < -0.39 is 6.04 Å². The molecule has 0 radical (unpaired) electrons. The smallest absolute Gasteiger partial charge is 0.255 e. The lowest BCUT2D eigenvalue weighted by molar-refractivity contribution is -0.113. The monoisotopic (exact) mass is 451 g/mol. The third-order valence-corrected chi connectivity index (χ3v) is 5.65. The molecule has 0 unspecified atom stereocenters. The highest BCUT2D eigenvalue weighted by Crippen LogP contribution is 2.37. The number of fused-ring (bicyclic) bond motifs is 1. The molecule has 3 aromatic rings. The van der Waals surface area contributed by atoms with E-state index in [-0.39, 0.29) is 5.91 Å². The van der Waals surface area contributed by atoms with Crippen LogP contribution in [0.3, 0.4) is 0 Å². The number of carbonyl (C=O) groups excluding carboxylic acids is 1. The maximum absolute atomic E-state index is 13.4. The summed E-state index contributed by atoms with van der Waals surface area (Å²) in [6.45, 7) is 4.41. The maximum Gasteiger partial charge on any atom is 0.255 e. The van der Waals surface area contributed by atoms with Gasteiger partial charge in [0.2, 0.25) is 11.1 Å². The van der Waals surface area contributed by atoms with Gasteiger partial charge in [0.15, 0.2) is 0 Å². The average molecular weight is 452 g/mol. The summed E-state index contributed by atoms with van der Waals surface area (Å²) in [4.78, 5) is 18.0. The maximum atomic E-state index is 13.4. The summed E-state index contributed by atoms with van der Waals surface area (Å²) in [7, 11) is 1.61. The molecule has 166 valence electrons. The van der Waals surface area contributed by atoms with Gasteiger partial charge in [-0.15, -0.1) is 5.10 Å². The Hall–Kier alpha value is -3.46. The quantitative estimate of drug-likeness (QED) is 0.517. The van der Waals surface area contributed by atoms with E-state index in [1.165, 1.54) is 11.8 Å². The Morgan fingerprint density at radius 2 is 1.84 bits per heavy atom. The molecule has 1 aliphatic heterocycles. The third-order valence-electron chi connectivity index (χ3n) is 5.12. The normalized spacial score (nSPS) is 15.1. The fourth-order valence-electron chi connectivity index (χ4n) is 3.61. The lowest BCUT2D eigenvalue weighted by Gasteiger charge is -2.28. The van der Waals surface area contributed by atoms with Gasteiger partial charge in [0.05, 0.1) is 19.3 Å². The summed E-state index contributed by atoms with van der Waals surface area (Å²) in [5.74, 6) is 1.89. The molecular weight excluding hydrogens is 426 g/mol. The van der Waals surface area contributed by atoms with Gasteiger partial charge in [0.1, 0.15) is 17.5 Å².